The molecule has 1 heterocycles. The minimum Gasteiger partial charge on any atom is -0.302 e. The summed E-state index contributed by atoms with van der Waals surface area (Å²) in [6, 6.07) is 0. The van der Waals surface area contributed by atoms with E-state index in [0.29, 0.717) is 0 Å². The van der Waals surface area contributed by atoms with E-state index < -0.39 is 0 Å². The number of hydrogen-bond donors (Lipinski definition) is 0. The van der Waals surface area contributed by atoms with Crippen molar-refractivity contribution in [1.82, 2.24) is 9.96 Å². The molecule has 0 unspecified atom stereocenters. The van der Waals surface area contributed by atoms with E-state index in [-0.39, 0.29) is 0 Å². The van der Waals surface area contributed by atoms with E-state index in [9.17, 15) is 0 Å². The fraction of sp³-hybridized carbons (Fsp3) is 0.857. The van der Waals surface area contributed by atoms with Gasteiger partial charge in [0.15, 0.2) is 0 Å². The van der Waals surface area contributed by atoms with Crippen LogP contribution in [0.25, 0.3) is 0 Å². The van der Waals surface area contributed by atoms with Crippen LogP contribution >= 0.6 is 0 Å². The van der Waals surface area contributed by atoms with Crippen LogP contribution in [0, 0.1) is 6.92 Å². The predicted molar refractivity (Wildman–Crippen MR) is 40.4 cm³/mol. The molecule has 0 N–H and O–H groups in total. The van der Waals surface area contributed by atoms with Gasteiger partial charge in [-0.2, -0.15) is 5.06 Å². The van der Waals surface area contributed by atoms with Crippen LogP contribution in [0.3, 0.4) is 0 Å². The predicted octanol–water partition coefficient (Wildman–Crippen LogP) is -0.000510. The van der Waals surface area contributed by atoms with Crippen molar-refractivity contribution in [3.05, 3.63) is 6.92 Å². The maximum absolute atomic E-state index is 5.07. The lowest BCUT2D eigenvalue weighted by Crippen LogP contribution is -2.45. The Kier molecular flexibility index (Phi) is 3.12. The van der Waals surface area contributed by atoms with Crippen LogP contribution in [0.4, 0.5) is 0 Å². The first-order chi connectivity index (χ1) is 4.86. The average Bonchev–Trinajstić information content (AvgIpc) is 2.05. The molecule has 1 radical (unpaired) electrons. The lowest BCUT2D eigenvalue weighted by Gasteiger charge is -2.31. The van der Waals surface area contributed by atoms with Gasteiger partial charge < -0.3 is 9.74 Å². The van der Waals surface area contributed by atoms with Gasteiger partial charge in [-0.3, -0.25) is 0 Å². The molecule has 0 bridgehead atoms. The topological polar surface area (TPSA) is 15.7 Å². The second-order valence-electron chi connectivity index (χ2n) is 2.45. The average molecular weight is 143 g/mol. The van der Waals surface area contributed by atoms with E-state index in [1.807, 2.05) is 5.06 Å². The third kappa shape index (κ3) is 1.94. The van der Waals surface area contributed by atoms with Crippen molar-refractivity contribution in [3.63, 3.8) is 0 Å². The smallest absolute Gasteiger partial charge is 0.0575 e. The van der Waals surface area contributed by atoms with Gasteiger partial charge in [0.05, 0.1) is 7.11 Å². The van der Waals surface area contributed by atoms with E-state index in [1.54, 1.807) is 7.11 Å². The Morgan fingerprint density at radius 2 is 1.90 bits per heavy atom. The number of nitrogens with zero attached hydrogens (tertiary/aromatic N) is 2. The van der Waals surface area contributed by atoms with Crippen LogP contribution < -0.4 is 0 Å². The molecule has 1 aliphatic heterocycles. The van der Waals surface area contributed by atoms with Gasteiger partial charge in [-0.25, -0.2) is 0 Å². The summed E-state index contributed by atoms with van der Waals surface area (Å²) in [6.07, 6.45) is 0. The molecule has 0 atom stereocenters. The molecule has 0 aromatic rings. The Morgan fingerprint density at radius 3 is 2.30 bits per heavy atom. The van der Waals surface area contributed by atoms with Crippen LogP contribution in [0.1, 0.15) is 0 Å². The molecule has 0 amide bonds. The fourth-order valence-corrected chi connectivity index (χ4v) is 1.14. The van der Waals surface area contributed by atoms with Gasteiger partial charge in [0, 0.05) is 26.2 Å². The number of hydrogen-bond acceptors (Lipinski definition) is 3. The third-order valence-corrected chi connectivity index (χ3v) is 1.91. The Morgan fingerprint density at radius 1 is 1.30 bits per heavy atom. The maximum Gasteiger partial charge on any atom is 0.0575 e. The largest absolute Gasteiger partial charge is 0.302 e. The normalized spacial score (nSPS) is 23.4. The molecule has 0 spiro atoms. The van der Waals surface area contributed by atoms with Gasteiger partial charge in [0.1, 0.15) is 0 Å². The number of rotatable bonds is 2. The molecule has 0 aromatic heterocycles. The van der Waals surface area contributed by atoms with Gasteiger partial charge in [-0.1, -0.05) is 0 Å². The SMILES string of the molecule is [CH2]CN1CCN(OC)CC1. The van der Waals surface area contributed by atoms with Crippen molar-refractivity contribution in [1.29, 1.82) is 0 Å². The van der Waals surface area contributed by atoms with Crippen molar-refractivity contribution in [2.45, 2.75) is 0 Å². The van der Waals surface area contributed by atoms with Crippen LogP contribution in [0.15, 0.2) is 0 Å². The summed E-state index contributed by atoms with van der Waals surface area (Å²) in [5.74, 6) is 0. The number of hydroxylamine groups is 2. The molecule has 1 rings (SSSR count). The Labute approximate surface area is 62.5 Å². The van der Waals surface area contributed by atoms with Gasteiger partial charge in [0.25, 0.3) is 0 Å². The Hall–Kier alpha value is -0.120. The summed E-state index contributed by atoms with van der Waals surface area (Å²) >= 11 is 0. The van der Waals surface area contributed by atoms with Gasteiger partial charge in [0.2, 0.25) is 0 Å². The van der Waals surface area contributed by atoms with Crippen molar-refractivity contribution >= 4 is 0 Å². The highest BCUT2D eigenvalue weighted by molar-refractivity contribution is 4.67. The molecule has 0 aliphatic carbocycles. The van der Waals surface area contributed by atoms with Crippen molar-refractivity contribution in [2.24, 2.45) is 0 Å². The zero-order valence-corrected chi connectivity index (χ0v) is 6.55. The Balaban J connectivity index is 2.17. The minimum absolute atomic E-state index is 0.914. The van der Waals surface area contributed by atoms with Crippen LogP contribution in [0.5, 0.6) is 0 Å². The third-order valence-electron chi connectivity index (χ3n) is 1.91. The first kappa shape index (κ1) is 7.98. The molecule has 59 valence electrons. The molecule has 3 heteroatoms. The van der Waals surface area contributed by atoms with Crippen molar-refractivity contribution in [3.8, 4) is 0 Å². The highest BCUT2D eigenvalue weighted by Gasteiger charge is 2.13. The lowest BCUT2D eigenvalue weighted by atomic mass is 10.4. The maximum atomic E-state index is 5.07. The highest BCUT2D eigenvalue weighted by Crippen LogP contribution is 1.99. The van der Waals surface area contributed by atoms with E-state index in [1.165, 1.54) is 0 Å². The summed E-state index contributed by atoms with van der Waals surface area (Å²) < 4.78 is 0. The molecule has 0 aromatic carbocycles. The molecule has 1 fully saturated rings. The van der Waals surface area contributed by atoms with Crippen molar-refractivity contribution in [2.75, 3.05) is 39.8 Å². The number of piperazine rings is 1. The zero-order chi connectivity index (χ0) is 7.40. The van der Waals surface area contributed by atoms with Crippen LogP contribution in [-0.4, -0.2) is 49.8 Å². The first-order valence-electron chi connectivity index (χ1n) is 3.67. The lowest BCUT2D eigenvalue weighted by molar-refractivity contribution is -0.150. The monoisotopic (exact) mass is 143 g/mol. The second-order valence-corrected chi connectivity index (χ2v) is 2.45. The van der Waals surface area contributed by atoms with Crippen LogP contribution in [0.2, 0.25) is 0 Å². The first-order valence-corrected chi connectivity index (χ1v) is 3.67. The molecular weight excluding hydrogens is 128 g/mol. The fourth-order valence-electron chi connectivity index (χ4n) is 1.14. The molecule has 3 nitrogen and oxygen atoms in total. The second kappa shape index (κ2) is 3.91. The molecule has 1 saturated heterocycles. The molecule has 0 saturated carbocycles. The summed E-state index contributed by atoms with van der Waals surface area (Å²) in [4.78, 5) is 7.39. The standard InChI is InChI=1S/C7H15N2O/c1-3-8-4-6-9(10-2)7-5-8/h1,3-7H2,2H3. The summed E-state index contributed by atoms with van der Waals surface area (Å²) in [5, 5.41) is 1.98. The van der Waals surface area contributed by atoms with Crippen molar-refractivity contribution < 1.29 is 4.84 Å². The molecule has 1 aliphatic rings. The molecule has 10 heavy (non-hydrogen) atoms. The highest BCUT2D eigenvalue weighted by atomic mass is 16.7. The zero-order valence-electron chi connectivity index (χ0n) is 6.55. The van der Waals surface area contributed by atoms with E-state index in [2.05, 4.69) is 11.8 Å². The van der Waals surface area contributed by atoms with Gasteiger partial charge >= 0.3 is 0 Å². The summed E-state index contributed by atoms with van der Waals surface area (Å²) in [6.45, 7) is 8.91. The van der Waals surface area contributed by atoms with E-state index in [0.717, 1.165) is 32.7 Å². The van der Waals surface area contributed by atoms with E-state index in [4.69, 9.17) is 4.84 Å². The van der Waals surface area contributed by atoms with E-state index >= 15 is 0 Å². The summed E-state index contributed by atoms with van der Waals surface area (Å²) in [7, 11) is 1.72. The molecular formula is C7H15N2O. The van der Waals surface area contributed by atoms with Crippen LogP contribution in [-0.2, 0) is 4.84 Å². The summed E-state index contributed by atoms with van der Waals surface area (Å²) in [5.41, 5.74) is 0. The van der Waals surface area contributed by atoms with Gasteiger partial charge in [-0.05, 0) is 13.5 Å². The quantitative estimate of drug-likeness (QED) is 0.541. The van der Waals surface area contributed by atoms with Gasteiger partial charge in [-0.15, -0.1) is 0 Å². The minimum atomic E-state index is 0.914. The Bertz CT molecular complexity index is 77.6.